The first-order valence-electron chi connectivity index (χ1n) is 6.76. The predicted molar refractivity (Wildman–Crippen MR) is 80.8 cm³/mol. The number of amides is 1. The summed E-state index contributed by atoms with van der Waals surface area (Å²) in [5.41, 5.74) is 0.719. The zero-order valence-electron chi connectivity index (χ0n) is 11.7. The van der Waals surface area contributed by atoms with Crippen LogP contribution in [0.25, 0.3) is 0 Å². The molecule has 0 aliphatic carbocycles. The van der Waals surface area contributed by atoms with E-state index < -0.39 is 0 Å². The van der Waals surface area contributed by atoms with Crippen LogP contribution in [0, 0.1) is 0 Å². The lowest BCUT2D eigenvalue weighted by atomic mass is 10.1. The summed E-state index contributed by atoms with van der Waals surface area (Å²) in [4.78, 5) is 18.8. The average Bonchev–Trinajstić information content (AvgIpc) is 2.42. The SMILES string of the molecule is CCNc1cc(C(=O)N2CCSC(C)C2C)ccn1. The largest absolute Gasteiger partial charge is 0.370 e. The minimum absolute atomic E-state index is 0.112. The van der Waals surface area contributed by atoms with Crippen molar-refractivity contribution in [2.75, 3.05) is 24.2 Å². The number of pyridine rings is 1. The number of rotatable bonds is 3. The molecule has 1 aromatic rings. The van der Waals surface area contributed by atoms with Gasteiger partial charge in [0, 0.05) is 41.9 Å². The molecule has 4 nitrogen and oxygen atoms in total. The van der Waals surface area contributed by atoms with E-state index in [9.17, 15) is 4.79 Å². The third-order valence-corrected chi connectivity index (χ3v) is 4.85. The van der Waals surface area contributed by atoms with Crippen molar-refractivity contribution in [2.24, 2.45) is 0 Å². The van der Waals surface area contributed by atoms with E-state index in [0.29, 0.717) is 5.25 Å². The van der Waals surface area contributed by atoms with Crippen LogP contribution in [-0.4, -0.2) is 45.9 Å². The van der Waals surface area contributed by atoms with Crippen LogP contribution in [0.4, 0.5) is 5.82 Å². The zero-order chi connectivity index (χ0) is 13.8. The van der Waals surface area contributed by atoms with Crippen LogP contribution >= 0.6 is 11.8 Å². The van der Waals surface area contributed by atoms with Crippen molar-refractivity contribution in [3.05, 3.63) is 23.9 Å². The number of aromatic nitrogens is 1. The summed E-state index contributed by atoms with van der Waals surface area (Å²) < 4.78 is 0. The first kappa shape index (κ1) is 14.2. The zero-order valence-corrected chi connectivity index (χ0v) is 12.5. The summed E-state index contributed by atoms with van der Waals surface area (Å²) in [7, 11) is 0. The summed E-state index contributed by atoms with van der Waals surface area (Å²) in [5, 5.41) is 3.63. The lowest BCUT2D eigenvalue weighted by Crippen LogP contribution is -2.47. The highest BCUT2D eigenvalue weighted by atomic mass is 32.2. The standard InChI is InChI=1S/C14H21N3OS/c1-4-15-13-9-12(5-6-16-13)14(18)17-7-8-19-11(3)10(17)2/h5-6,9-11H,4,7-8H2,1-3H3,(H,15,16). The van der Waals surface area contributed by atoms with Crippen LogP contribution in [0.15, 0.2) is 18.3 Å². The molecule has 1 aliphatic rings. The average molecular weight is 279 g/mol. The van der Waals surface area contributed by atoms with Crippen LogP contribution in [-0.2, 0) is 0 Å². The first-order valence-corrected chi connectivity index (χ1v) is 7.81. The second-order valence-corrected chi connectivity index (χ2v) is 6.26. The molecule has 1 N–H and O–H groups in total. The van der Waals surface area contributed by atoms with E-state index in [4.69, 9.17) is 0 Å². The Morgan fingerprint density at radius 3 is 3.11 bits per heavy atom. The van der Waals surface area contributed by atoms with Gasteiger partial charge in [0.2, 0.25) is 0 Å². The quantitative estimate of drug-likeness (QED) is 0.923. The summed E-state index contributed by atoms with van der Waals surface area (Å²) in [6, 6.07) is 3.91. The Morgan fingerprint density at radius 1 is 1.58 bits per heavy atom. The fourth-order valence-electron chi connectivity index (χ4n) is 2.23. The van der Waals surface area contributed by atoms with Gasteiger partial charge in [-0.05, 0) is 26.0 Å². The molecule has 0 spiro atoms. The molecule has 1 aromatic heterocycles. The molecule has 1 saturated heterocycles. The molecule has 2 heterocycles. The molecule has 104 valence electrons. The van der Waals surface area contributed by atoms with E-state index in [1.54, 1.807) is 12.3 Å². The van der Waals surface area contributed by atoms with Gasteiger partial charge in [-0.2, -0.15) is 11.8 Å². The monoisotopic (exact) mass is 279 g/mol. The van der Waals surface area contributed by atoms with Gasteiger partial charge in [-0.3, -0.25) is 4.79 Å². The molecule has 0 radical (unpaired) electrons. The normalized spacial score (nSPS) is 23.2. The van der Waals surface area contributed by atoms with Crippen LogP contribution in [0.3, 0.4) is 0 Å². The van der Waals surface area contributed by atoms with Crippen molar-refractivity contribution in [1.29, 1.82) is 0 Å². The van der Waals surface area contributed by atoms with Gasteiger partial charge in [0.15, 0.2) is 0 Å². The molecule has 2 atom stereocenters. The number of nitrogens with one attached hydrogen (secondary N) is 1. The molecule has 5 heteroatoms. The van der Waals surface area contributed by atoms with Crippen molar-refractivity contribution in [2.45, 2.75) is 32.1 Å². The topological polar surface area (TPSA) is 45.2 Å². The van der Waals surface area contributed by atoms with Gasteiger partial charge >= 0.3 is 0 Å². The Labute approximate surface area is 119 Å². The van der Waals surface area contributed by atoms with E-state index in [1.807, 2.05) is 29.7 Å². The maximum atomic E-state index is 12.6. The lowest BCUT2D eigenvalue weighted by molar-refractivity contribution is 0.0698. The maximum absolute atomic E-state index is 12.6. The molecule has 0 aromatic carbocycles. The fourth-order valence-corrected chi connectivity index (χ4v) is 3.33. The number of anilines is 1. The molecule has 1 aliphatic heterocycles. The molecule has 2 rings (SSSR count). The van der Waals surface area contributed by atoms with E-state index in [2.05, 4.69) is 24.1 Å². The van der Waals surface area contributed by atoms with Gasteiger partial charge < -0.3 is 10.2 Å². The fraction of sp³-hybridized carbons (Fsp3) is 0.571. The van der Waals surface area contributed by atoms with Gasteiger partial charge in [-0.25, -0.2) is 4.98 Å². The second kappa shape index (κ2) is 6.28. The molecular weight excluding hydrogens is 258 g/mol. The van der Waals surface area contributed by atoms with Gasteiger partial charge in [0.25, 0.3) is 5.91 Å². The maximum Gasteiger partial charge on any atom is 0.254 e. The van der Waals surface area contributed by atoms with Gasteiger partial charge in [0.1, 0.15) is 5.82 Å². The van der Waals surface area contributed by atoms with Crippen LogP contribution in [0.2, 0.25) is 0 Å². The number of thioether (sulfide) groups is 1. The number of hydrogen-bond acceptors (Lipinski definition) is 4. The Balaban J connectivity index is 2.16. The van der Waals surface area contributed by atoms with E-state index in [1.165, 1.54) is 0 Å². The Bertz CT molecular complexity index is 452. The minimum Gasteiger partial charge on any atom is -0.370 e. The molecule has 19 heavy (non-hydrogen) atoms. The predicted octanol–water partition coefficient (Wildman–Crippen LogP) is 2.48. The smallest absolute Gasteiger partial charge is 0.254 e. The third kappa shape index (κ3) is 3.21. The molecule has 1 amide bonds. The third-order valence-electron chi connectivity index (χ3n) is 3.51. The van der Waals surface area contributed by atoms with Gasteiger partial charge in [-0.15, -0.1) is 0 Å². The number of nitrogens with zero attached hydrogens (tertiary/aromatic N) is 2. The number of carbonyl (C=O) groups excluding carboxylic acids is 1. The van der Waals surface area contributed by atoms with Gasteiger partial charge in [0.05, 0.1) is 0 Å². The second-order valence-electron chi connectivity index (χ2n) is 4.78. The highest BCUT2D eigenvalue weighted by molar-refractivity contribution is 8.00. The summed E-state index contributed by atoms with van der Waals surface area (Å²) in [5.74, 6) is 1.89. The van der Waals surface area contributed by atoms with E-state index >= 15 is 0 Å². The van der Waals surface area contributed by atoms with Crippen molar-refractivity contribution >= 4 is 23.5 Å². The first-order chi connectivity index (χ1) is 9.13. The summed E-state index contributed by atoms with van der Waals surface area (Å²) in [6.45, 7) is 7.96. The molecule has 1 fully saturated rings. The molecular formula is C14H21N3OS. The van der Waals surface area contributed by atoms with Crippen molar-refractivity contribution < 1.29 is 4.79 Å². The van der Waals surface area contributed by atoms with Crippen molar-refractivity contribution in [3.8, 4) is 0 Å². The minimum atomic E-state index is 0.112. The lowest BCUT2D eigenvalue weighted by Gasteiger charge is -2.37. The number of carbonyl (C=O) groups is 1. The highest BCUT2D eigenvalue weighted by Crippen LogP contribution is 2.25. The Kier molecular flexibility index (Phi) is 4.69. The molecule has 0 bridgehead atoms. The van der Waals surface area contributed by atoms with Gasteiger partial charge in [-0.1, -0.05) is 6.92 Å². The van der Waals surface area contributed by atoms with Crippen LogP contribution in [0.5, 0.6) is 0 Å². The van der Waals surface area contributed by atoms with Crippen molar-refractivity contribution in [3.63, 3.8) is 0 Å². The highest BCUT2D eigenvalue weighted by Gasteiger charge is 2.29. The molecule has 0 saturated carbocycles. The Hall–Kier alpha value is -1.23. The van der Waals surface area contributed by atoms with Crippen molar-refractivity contribution in [1.82, 2.24) is 9.88 Å². The Morgan fingerprint density at radius 2 is 2.37 bits per heavy atom. The number of hydrogen-bond donors (Lipinski definition) is 1. The van der Waals surface area contributed by atoms with E-state index in [-0.39, 0.29) is 11.9 Å². The summed E-state index contributed by atoms with van der Waals surface area (Å²) >= 11 is 1.94. The van der Waals surface area contributed by atoms with Crippen LogP contribution in [0.1, 0.15) is 31.1 Å². The van der Waals surface area contributed by atoms with E-state index in [0.717, 1.165) is 30.2 Å². The summed E-state index contributed by atoms with van der Waals surface area (Å²) in [6.07, 6.45) is 1.69. The molecule has 2 unspecified atom stereocenters. The van der Waals surface area contributed by atoms with Crippen LogP contribution < -0.4 is 5.32 Å².